The summed E-state index contributed by atoms with van der Waals surface area (Å²) in [5.74, 6) is 0. The van der Waals surface area contributed by atoms with E-state index >= 15 is 0 Å². The highest BCUT2D eigenvalue weighted by Gasteiger charge is 2.16. The number of nitrogens with zero attached hydrogens (tertiary/aromatic N) is 1. The smallest absolute Gasteiger partial charge is 0.270 e. The molecule has 4 nitrogen and oxygen atoms in total. The minimum Gasteiger partial charge on any atom is -0.298 e. The molecule has 1 aliphatic heterocycles. The fraction of sp³-hybridized carbons (Fsp3) is 0. The Morgan fingerprint density at radius 2 is 1.86 bits per heavy atom. The SMILES string of the molecule is O=CC(=C1C=Cc2cc([N+](=O)[O-])ccc2S1)c1ccccc1. The van der Waals surface area contributed by atoms with Crippen molar-refractivity contribution >= 4 is 35.4 Å². The van der Waals surface area contributed by atoms with E-state index in [0.29, 0.717) is 5.57 Å². The van der Waals surface area contributed by atoms with Crippen LogP contribution in [0.15, 0.2) is 64.4 Å². The zero-order chi connectivity index (χ0) is 15.5. The molecule has 0 saturated carbocycles. The summed E-state index contributed by atoms with van der Waals surface area (Å²) >= 11 is 1.44. The molecule has 0 amide bonds. The number of benzene rings is 2. The number of nitro benzene ring substituents is 1. The van der Waals surface area contributed by atoms with Gasteiger partial charge in [0.25, 0.3) is 5.69 Å². The van der Waals surface area contributed by atoms with Crippen LogP contribution >= 0.6 is 11.8 Å². The van der Waals surface area contributed by atoms with Crippen molar-refractivity contribution < 1.29 is 9.72 Å². The number of allylic oxidation sites excluding steroid dienone is 2. The van der Waals surface area contributed by atoms with E-state index in [2.05, 4.69) is 0 Å². The first-order chi connectivity index (χ1) is 10.7. The molecule has 108 valence electrons. The molecule has 0 atom stereocenters. The molecule has 5 heteroatoms. The van der Waals surface area contributed by atoms with Gasteiger partial charge >= 0.3 is 0 Å². The van der Waals surface area contributed by atoms with Gasteiger partial charge in [-0.2, -0.15) is 0 Å². The summed E-state index contributed by atoms with van der Waals surface area (Å²) in [5.41, 5.74) is 2.33. The van der Waals surface area contributed by atoms with Crippen molar-refractivity contribution in [3.8, 4) is 0 Å². The molecule has 0 radical (unpaired) electrons. The number of rotatable bonds is 3. The average Bonchev–Trinajstić information content (AvgIpc) is 2.56. The highest BCUT2D eigenvalue weighted by atomic mass is 32.2. The predicted octanol–water partition coefficient (Wildman–Crippen LogP) is 4.32. The third-order valence-electron chi connectivity index (χ3n) is 3.31. The van der Waals surface area contributed by atoms with E-state index in [1.54, 1.807) is 18.2 Å². The fourth-order valence-electron chi connectivity index (χ4n) is 2.22. The number of hydrogen-bond acceptors (Lipinski definition) is 4. The molecule has 2 aromatic rings. The summed E-state index contributed by atoms with van der Waals surface area (Å²) < 4.78 is 0. The Kier molecular flexibility index (Phi) is 3.89. The molecule has 0 bridgehead atoms. The van der Waals surface area contributed by atoms with Gasteiger partial charge in [0.1, 0.15) is 0 Å². The van der Waals surface area contributed by atoms with Crippen LogP contribution in [0.2, 0.25) is 0 Å². The van der Waals surface area contributed by atoms with E-state index in [1.807, 2.05) is 36.4 Å². The third kappa shape index (κ3) is 2.71. The lowest BCUT2D eigenvalue weighted by atomic mass is 10.1. The first kappa shape index (κ1) is 14.3. The van der Waals surface area contributed by atoms with Gasteiger partial charge in [-0.1, -0.05) is 48.2 Å². The first-order valence-electron chi connectivity index (χ1n) is 6.58. The maximum atomic E-state index is 11.5. The monoisotopic (exact) mass is 309 g/mol. The number of thioether (sulfide) groups is 1. The lowest BCUT2D eigenvalue weighted by Crippen LogP contribution is -1.95. The number of hydrogen-bond donors (Lipinski definition) is 0. The van der Waals surface area contributed by atoms with Gasteiger partial charge in [-0.05, 0) is 23.3 Å². The molecule has 1 heterocycles. The van der Waals surface area contributed by atoms with Crippen LogP contribution < -0.4 is 0 Å². The molecule has 0 aliphatic carbocycles. The summed E-state index contributed by atoms with van der Waals surface area (Å²) in [4.78, 5) is 23.6. The topological polar surface area (TPSA) is 60.2 Å². The number of carbonyl (C=O) groups is 1. The second-order valence-electron chi connectivity index (χ2n) is 4.68. The van der Waals surface area contributed by atoms with Crippen LogP contribution in [0.4, 0.5) is 5.69 Å². The number of fused-ring (bicyclic) bond motifs is 1. The lowest BCUT2D eigenvalue weighted by Gasteiger charge is -2.14. The summed E-state index contributed by atoms with van der Waals surface area (Å²) in [6.07, 6.45) is 4.48. The van der Waals surface area contributed by atoms with Crippen LogP contribution in [-0.4, -0.2) is 11.2 Å². The van der Waals surface area contributed by atoms with E-state index in [0.717, 1.165) is 27.2 Å². The van der Waals surface area contributed by atoms with Gasteiger partial charge in [0.15, 0.2) is 6.29 Å². The molecule has 0 saturated heterocycles. The van der Waals surface area contributed by atoms with Crippen molar-refractivity contribution in [3.05, 3.63) is 80.8 Å². The Morgan fingerprint density at radius 3 is 2.55 bits per heavy atom. The zero-order valence-corrected chi connectivity index (χ0v) is 12.2. The fourth-order valence-corrected chi connectivity index (χ4v) is 3.25. The van der Waals surface area contributed by atoms with Gasteiger partial charge in [-0.25, -0.2) is 0 Å². The van der Waals surface area contributed by atoms with Gasteiger partial charge in [0, 0.05) is 27.5 Å². The number of carbonyl (C=O) groups excluding carboxylic acids is 1. The van der Waals surface area contributed by atoms with E-state index in [1.165, 1.54) is 17.8 Å². The van der Waals surface area contributed by atoms with E-state index in [4.69, 9.17) is 0 Å². The van der Waals surface area contributed by atoms with E-state index < -0.39 is 4.92 Å². The number of aldehydes is 1. The van der Waals surface area contributed by atoms with Gasteiger partial charge < -0.3 is 0 Å². The molecule has 1 aliphatic rings. The maximum absolute atomic E-state index is 11.5. The van der Waals surface area contributed by atoms with Crippen molar-refractivity contribution in [2.75, 3.05) is 0 Å². The number of nitro groups is 1. The highest BCUT2D eigenvalue weighted by molar-refractivity contribution is 8.03. The van der Waals surface area contributed by atoms with Crippen molar-refractivity contribution in [1.29, 1.82) is 0 Å². The Morgan fingerprint density at radius 1 is 1.09 bits per heavy atom. The Hall–Kier alpha value is -2.66. The molecular weight excluding hydrogens is 298 g/mol. The first-order valence-corrected chi connectivity index (χ1v) is 7.40. The Balaban J connectivity index is 2.03. The summed E-state index contributed by atoms with van der Waals surface area (Å²) in [7, 11) is 0. The van der Waals surface area contributed by atoms with Crippen LogP contribution in [0.1, 0.15) is 11.1 Å². The molecule has 3 rings (SSSR count). The molecule has 0 N–H and O–H groups in total. The molecule has 22 heavy (non-hydrogen) atoms. The maximum Gasteiger partial charge on any atom is 0.270 e. The van der Waals surface area contributed by atoms with Crippen molar-refractivity contribution in [3.63, 3.8) is 0 Å². The summed E-state index contributed by atoms with van der Waals surface area (Å²) in [5, 5.41) is 10.8. The quantitative estimate of drug-likeness (QED) is 0.366. The van der Waals surface area contributed by atoms with Crippen LogP contribution in [0, 0.1) is 10.1 Å². The molecule has 0 spiro atoms. The van der Waals surface area contributed by atoms with Crippen LogP contribution in [0.25, 0.3) is 11.6 Å². The predicted molar refractivity (Wildman–Crippen MR) is 87.4 cm³/mol. The number of non-ortho nitro benzene ring substituents is 1. The second-order valence-corrected chi connectivity index (χ2v) is 5.76. The van der Waals surface area contributed by atoms with Gasteiger partial charge in [-0.3, -0.25) is 14.9 Å². The van der Waals surface area contributed by atoms with E-state index in [-0.39, 0.29) is 5.69 Å². The van der Waals surface area contributed by atoms with Crippen molar-refractivity contribution in [1.82, 2.24) is 0 Å². The minimum atomic E-state index is -0.412. The van der Waals surface area contributed by atoms with Gasteiger partial charge in [0.2, 0.25) is 0 Å². The Bertz CT molecular complexity index is 810. The third-order valence-corrected chi connectivity index (χ3v) is 4.47. The highest BCUT2D eigenvalue weighted by Crippen LogP contribution is 2.40. The molecule has 0 unspecified atom stereocenters. The average molecular weight is 309 g/mol. The summed E-state index contributed by atoms with van der Waals surface area (Å²) in [6, 6.07) is 14.2. The lowest BCUT2D eigenvalue weighted by molar-refractivity contribution is -0.384. The van der Waals surface area contributed by atoms with Crippen LogP contribution in [-0.2, 0) is 4.79 Å². The van der Waals surface area contributed by atoms with Crippen LogP contribution in [0.3, 0.4) is 0 Å². The summed E-state index contributed by atoms with van der Waals surface area (Å²) in [6.45, 7) is 0. The Labute approximate surface area is 131 Å². The van der Waals surface area contributed by atoms with Crippen LogP contribution in [0.5, 0.6) is 0 Å². The van der Waals surface area contributed by atoms with Crippen molar-refractivity contribution in [2.45, 2.75) is 4.90 Å². The van der Waals surface area contributed by atoms with Gasteiger partial charge in [0.05, 0.1) is 4.92 Å². The molecule has 2 aromatic carbocycles. The molecule has 0 aromatic heterocycles. The van der Waals surface area contributed by atoms with Gasteiger partial charge in [-0.15, -0.1) is 0 Å². The van der Waals surface area contributed by atoms with Crippen molar-refractivity contribution in [2.24, 2.45) is 0 Å². The zero-order valence-electron chi connectivity index (χ0n) is 11.4. The van der Waals surface area contributed by atoms with E-state index in [9.17, 15) is 14.9 Å². The normalized spacial score (nSPS) is 15.1. The minimum absolute atomic E-state index is 0.0649. The molecular formula is C17H11NO3S. The largest absolute Gasteiger partial charge is 0.298 e. The molecule has 0 fully saturated rings. The standard InChI is InChI=1S/C17H11NO3S/c19-11-15(12-4-2-1-3-5-12)17-8-6-13-10-14(18(20)21)7-9-16(13)22-17/h1-11H. The second kappa shape index (κ2) is 5.99.